The third-order valence-electron chi connectivity index (χ3n) is 1.69. The number of hydrogen-bond acceptors (Lipinski definition) is 8. The smallest absolute Gasteiger partial charge is 0.314 e. The van der Waals surface area contributed by atoms with Crippen LogP contribution >= 0.6 is 0 Å². The van der Waals surface area contributed by atoms with E-state index >= 15 is 0 Å². The van der Waals surface area contributed by atoms with Crippen LogP contribution in [0.2, 0.25) is 0 Å². The van der Waals surface area contributed by atoms with E-state index in [1.807, 2.05) is 0 Å². The van der Waals surface area contributed by atoms with Gasteiger partial charge in [-0.1, -0.05) is 0 Å². The van der Waals surface area contributed by atoms with Crippen molar-refractivity contribution < 1.29 is 9.59 Å². The lowest BCUT2D eigenvalue weighted by Gasteiger charge is -2.04. The predicted octanol–water partition coefficient (Wildman–Crippen LogP) is -2.35. The van der Waals surface area contributed by atoms with E-state index < -0.39 is 34.6 Å². The second-order valence-corrected chi connectivity index (χ2v) is 2.93. The van der Waals surface area contributed by atoms with Crippen LogP contribution in [0.1, 0.15) is 0 Å². The molecule has 2 amide bonds. The van der Waals surface area contributed by atoms with Gasteiger partial charge in [-0.05, 0) is 0 Å². The van der Waals surface area contributed by atoms with Crippen molar-refractivity contribution in [2.45, 2.75) is 0 Å². The number of nitrogens with one attached hydrogen (secondary N) is 2. The van der Waals surface area contributed by atoms with Gasteiger partial charge in [0.15, 0.2) is 11.4 Å². The minimum absolute atomic E-state index is 0.596. The number of carbonyl (C=O) groups excluding carboxylic acids is 2. The molecule has 0 bridgehead atoms. The lowest BCUT2D eigenvalue weighted by atomic mass is 10.3. The van der Waals surface area contributed by atoms with E-state index in [9.17, 15) is 9.59 Å². The predicted molar refractivity (Wildman–Crippen MR) is 61.2 cm³/mol. The van der Waals surface area contributed by atoms with Crippen LogP contribution in [0.4, 0.5) is 0 Å². The molecule has 0 aliphatic heterocycles. The van der Waals surface area contributed by atoms with Crippen molar-refractivity contribution >= 4 is 11.8 Å². The molecule has 0 aliphatic carbocycles. The Morgan fingerprint density at radius 2 is 1.00 bits per heavy atom. The van der Waals surface area contributed by atoms with E-state index in [-0.39, 0.29) is 0 Å². The Kier molecular flexibility index (Phi) is 5.86. The fraction of sp³-hybridized carbons (Fsp3) is 0. The van der Waals surface area contributed by atoms with Gasteiger partial charge in [0.05, 0.1) is 0 Å². The van der Waals surface area contributed by atoms with Crippen molar-refractivity contribution in [1.82, 2.24) is 10.6 Å². The highest BCUT2D eigenvalue weighted by Gasteiger charge is 2.18. The number of allylic oxidation sites excluding steroid dienone is 4. The molecule has 0 aliphatic rings. The molecule has 0 aromatic rings. The fourth-order valence-corrected chi connectivity index (χ4v) is 0.763. The van der Waals surface area contributed by atoms with Gasteiger partial charge >= 0.3 is 11.8 Å². The average Bonchev–Trinajstić information content (AvgIpc) is 2.47. The molecular formula is C10H6N8O2. The van der Waals surface area contributed by atoms with Crippen LogP contribution in [0, 0.1) is 45.3 Å². The Hall–Kier alpha value is -4.02. The molecule has 6 N–H and O–H groups in total. The minimum Gasteiger partial charge on any atom is -0.388 e. The number of amides is 2. The highest BCUT2D eigenvalue weighted by atomic mass is 16.2. The van der Waals surface area contributed by atoms with Crippen LogP contribution in [0.5, 0.6) is 0 Å². The maximum absolute atomic E-state index is 11.4. The van der Waals surface area contributed by atoms with Gasteiger partial charge in [0.25, 0.3) is 0 Å². The minimum atomic E-state index is -1.36. The van der Waals surface area contributed by atoms with Gasteiger partial charge in [-0.2, -0.15) is 21.0 Å². The van der Waals surface area contributed by atoms with Crippen molar-refractivity contribution in [3.63, 3.8) is 0 Å². The van der Waals surface area contributed by atoms with Crippen LogP contribution < -0.4 is 22.1 Å². The Labute approximate surface area is 112 Å². The van der Waals surface area contributed by atoms with Crippen molar-refractivity contribution in [2.24, 2.45) is 11.5 Å². The maximum atomic E-state index is 11.4. The first-order chi connectivity index (χ1) is 9.40. The monoisotopic (exact) mass is 270 g/mol. The summed E-state index contributed by atoms with van der Waals surface area (Å²) in [4.78, 5) is 22.7. The molecule has 10 heteroatoms. The molecule has 20 heavy (non-hydrogen) atoms. The van der Waals surface area contributed by atoms with E-state index in [0.717, 1.165) is 0 Å². The SMILES string of the molecule is N#CC(N)=C(C#N)NC(=O)C(=O)NC(C#N)=C(N)C#N. The van der Waals surface area contributed by atoms with E-state index in [1.54, 1.807) is 10.6 Å². The van der Waals surface area contributed by atoms with E-state index in [1.165, 1.54) is 24.3 Å². The lowest BCUT2D eigenvalue weighted by Crippen LogP contribution is -2.40. The molecule has 0 fully saturated rings. The summed E-state index contributed by atoms with van der Waals surface area (Å²) in [5.74, 6) is -2.73. The summed E-state index contributed by atoms with van der Waals surface area (Å²) < 4.78 is 0. The molecule has 0 aromatic heterocycles. The molecule has 0 radical (unpaired) electrons. The summed E-state index contributed by atoms with van der Waals surface area (Å²) in [6, 6.07) is 5.62. The quantitative estimate of drug-likeness (QED) is 0.315. The highest BCUT2D eigenvalue weighted by Crippen LogP contribution is 1.94. The molecule has 98 valence electrons. The second kappa shape index (κ2) is 7.33. The van der Waals surface area contributed by atoms with Gasteiger partial charge < -0.3 is 22.1 Å². The van der Waals surface area contributed by atoms with Gasteiger partial charge in [0.1, 0.15) is 35.7 Å². The third kappa shape index (κ3) is 4.10. The number of hydrogen-bond donors (Lipinski definition) is 4. The topological polar surface area (TPSA) is 205 Å². The summed E-state index contributed by atoms with van der Waals surface area (Å²) in [6.07, 6.45) is 0. The normalized spacial score (nSPS) is 11.2. The van der Waals surface area contributed by atoms with Crippen LogP contribution in [0.3, 0.4) is 0 Å². The van der Waals surface area contributed by atoms with Crippen molar-refractivity contribution in [2.75, 3.05) is 0 Å². The highest BCUT2D eigenvalue weighted by molar-refractivity contribution is 6.36. The second-order valence-electron chi connectivity index (χ2n) is 2.93. The zero-order valence-electron chi connectivity index (χ0n) is 9.76. The Morgan fingerprint density at radius 3 is 1.20 bits per heavy atom. The average molecular weight is 270 g/mol. The van der Waals surface area contributed by atoms with Crippen molar-refractivity contribution in [3.8, 4) is 24.3 Å². The first kappa shape index (κ1) is 16.0. The standard InChI is InChI=1S/C10H6N8O2/c11-1-5(15)7(3-13)17-9(19)10(20)18-8(4-14)6(16)2-12/h15-16H2,(H,17,19)(H,18,20). The molecule has 0 spiro atoms. The van der Waals surface area contributed by atoms with Gasteiger partial charge in [-0.3, -0.25) is 9.59 Å². The van der Waals surface area contributed by atoms with E-state index in [2.05, 4.69) is 0 Å². The summed E-state index contributed by atoms with van der Waals surface area (Å²) >= 11 is 0. The van der Waals surface area contributed by atoms with E-state index in [4.69, 9.17) is 32.5 Å². The number of nitrogens with two attached hydrogens (primary N) is 2. The van der Waals surface area contributed by atoms with Gasteiger partial charge in [0.2, 0.25) is 0 Å². The molecule has 0 rings (SSSR count). The molecule has 0 aromatic carbocycles. The summed E-state index contributed by atoms with van der Waals surface area (Å²) in [5, 5.41) is 37.6. The van der Waals surface area contributed by atoms with Crippen LogP contribution in [0.15, 0.2) is 22.8 Å². The van der Waals surface area contributed by atoms with E-state index in [0.29, 0.717) is 0 Å². The number of nitrogens with zero attached hydrogens (tertiary/aromatic N) is 4. The molecule has 10 nitrogen and oxygen atoms in total. The van der Waals surface area contributed by atoms with Crippen molar-refractivity contribution in [1.29, 1.82) is 21.0 Å². The zero-order chi connectivity index (χ0) is 15.7. The molecule has 0 saturated carbocycles. The molecule has 0 saturated heterocycles. The Morgan fingerprint density at radius 1 is 0.700 bits per heavy atom. The molecule has 0 unspecified atom stereocenters. The largest absolute Gasteiger partial charge is 0.388 e. The fourth-order valence-electron chi connectivity index (χ4n) is 0.763. The summed E-state index contributed by atoms with van der Waals surface area (Å²) in [6.45, 7) is 0. The Balaban J connectivity index is 5.09. The zero-order valence-corrected chi connectivity index (χ0v) is 9.76. The summed E-state index contributed by atoms with van der Waals surface area (Å²) in [7, 11) is 0. The first-order valence-corrected chi connectivity index (χ1v) is 4.63. The molecular weight excluding hydrogens is 264 g/mol. The first-order valence-electron chi connectivity index (χ1n) is 4.63. The van der Waals surface area contributed by atoms with Gasteiger partial charge in [-0.15, -0.1) is 0 Å². The Bertz CT molecular complexity index is 614. The van der Waals surface area contributed by atoms with Crippen LogP contribution in [-0.2, 0) is 9.59 Å². The van der Waals surface area contributed by atoms with Crippen LogP contribution in [-0.4, -0.2) is 11.8 Å². The molecule has 0 atom stereocenters. The van der Waals surface area contributed by atoms with Crippen LogP contribution in [0.25, 0.3) is 0 Å². The summed E-state index contributed by atoms with van der Waals surface area (Å²) in [5.41, 5.74) is 7.76. The number of carbonyl (C=O) groups is 2. The van der Waals surface area contributed by atoms with Gasteiger partial charge in [-0.25, -0.2) is 0 Å². The van der Waals surface area contributed by atoms with Gasteiger partial charge in [0, 0.05) is 0 Å². The number of nitriles is 4. The lowest BCUT2D eigenvalue weighted by molar-refractivity contribution is -0.138. The number of rotatable bonds is 2. The van der Waals surface area contributed by atoms with Crippen molar-refractivity contribution in [3.05, 3.63) is 22.8 Å². The molecule has 0 heterocycles. The third-order valence-corrected chi connectivity index (χ3v) is 1.69. The maximum Gasteiger partial charge on any atom is 0.314 e.